The van der Waals surface area contributed by atoms with Gasteiger partial charge in [0.1, 0.15) is 0 Å². The molecule has 1 aliphatic rings. The minimum absolute atomic E-state index is 0.0906. The van der Waals surface area contributed by atoms with Crippen molar-refractivity contribution >= 4 is 0 Å². The van der Waals surface area contributed by atoms with Crippen LogP contribution in [0.3, 0.4) is 0 Å². The first kappa shape index (κ1) is 12.5. The number of nitrogens with two attached hydrogens (primary N) is 1. The molecule has 2 N–H and O–H groups in total. The van der Waals surface area contributed by atoms with Crippen molar-refractivity contribution in [1.82, 2.24) is 14.7 Å². The van der Waals surface area contributed by atoms with Crippen LogP contribution in [-0.2, 0) is 18.3 Å². The van der Waals surface area contributed by atoms with Crippen LogP contribution in [0.4, 0.5) is 0 Å². The number of morpholine rings is 1. The smallest absolute Gasteiger partial charge is 0.0850 e. The molecule has 5 heteroatoms. The van der Waals surface area contributed by atoms with Gasteiger partial charge in [-0.15, -0.1) is 0 Å². The van der Waals surface area contributed by atoms with Crippen molar-refractivity contribution in [2.75, 3.05) is 19.7 Å². The summed E-state index contributed by atoms with van der Waals surface area (Å²) in [5, 5.41) is 4.27. The second-order valence-electron chi connectivity index (χ2n) is 4.88. The van der Waals surface area contributed by atoms with Gasteiger partial charge in [-0.1, -0.05) is 0 Å². The Labute approximate surface area is 103 Å². The molecule has 0 aromatic carbocycles. The fourth-order valence-corrected chi connectivity index (χ4v) is 2.13. The molecular weight excluding hydrogens is 216 g/mol. The number of rotatable bonds is 3. The molecule has 2 atom stereocenters. The molecule has 17 heavy (non-hydrogen) atoms. The first-order valence-corrected chi connectivity index (χ1v) is 6.15. The zero-order chi connectivity index (χ0) is 12.4. The highest BCUT2D eigenvalue weighted by Crippen LogP contribution is 2.14. The summed E-state index contributed by atoms with van der Waals surface area (Å²) in [7, 11) is 1.98. The third-order valence-corrected chi connectivity index (χ3v) is 3.49. The molecule has 96 valence electrons. The summed E-state index contributed by atoms with van der Waals surface area (Å²) in [5.74, 6) is 0. The van der Waals surface area contributed by atoms with E-state index in [0.717, 1.165) is 26.2 Å². The highest BCUT2D eigenvalue weighted by atomic mass is 16.5. The highest BCUT2D eigenvalue weighted by molar-refractivity contribution is 5.15. The van der Waals surface area contributed by atoms with Gasteiger partial charge in [0.25, 0.3) is 0 Å². The van der Waals surface area contributed by atoms with Gasteiger partial charge in [-0.3, -0.25) is 9.58 Å². The van der Waals surface area contributed by atoms with E-state index in [9.17, 15) is 0 Å². The number of ether oxygens (including phenoxy) is 1. The van der Waals surface area contributed by atoms with Crippen LogP contribution in [0.2, 0.25) is 0 Å². The number of hydrogen-bond acceptors (Lipinski definition) is 4. The lowest BCUT2D eigenvalue weighted by Crippen LogP contribution is -2.49. The Kier molecular flexibility index (Phi) is 3.81. The maximum Gasteiger partial charge on any atom is 0.0850 e. The molecule has 1 aliphatic heterocycles. The van der Waals surface area contributed by atoms with Crippen molar-refractivity contribution in [1.29, 1.82) is 0 Å². The molecule has 0 bridgehead atoms. The Hall–Kier alpha value is -0.910. The second kappa shape index (κ2) is 5.16. The minimum Gasteiger partial charge on any atom is -0.374 e. The zero-order valence-electron chi connectivity index (χ0n) is 10.9. The number of aryl methyl sites for hydroxylation is 1. The molecule has 0 spiro atoms. The van der Waals surface area contributed by atoms with Gasteiger partial charge in [0, 0.05) is 44.0 Å². The van der Waals surface area contributed by atoms with Crippen molar-refractivity contribution in [2.24, 2.45) is 12.8 Å². The van der Waals surface area contributed by atoms with Crippen molar-refractivity contribution in [3.63, 3.8) is 0 Å². The van der Waals surface area contributed by atoms with Gasteiger partial charge in [-0.25, -0.2) is 0 Å². The van der Waals surface area contributed by atoms with E-state index in [1.54, 1.807) is 0 Å². The van der Waals surface area contributed by atoms with Gasteiger partial charge in [0.15, 0.2) is 0 Å². The summed E-state index contributed by atoms with van der Waals surface area (Å²) in [6.45, 7) is 7.69. The Bertz CT molecular complexity index is 375. The van der Waals surface area contributed by atoms with E-state index < -0.39 is 0 Å². The normalized spacial score (nSPS) is 23.9. The third kappa shape index (κ3) is 2.86. The second-order valence-corrected chi connectivity index (χ2v) is 4.88. The average Bonchev–Trinajstić information content (AvgIpc) is 2.61. The van der Waals surface area contributed by atoms with Gasteiger partial charge in [-0.05, 0) is 13.8 Å². The fraction of sp³-hybridized carbons (Fsp3) is 0.750. The van der Waals surface area contributed by atoms with E-state index in [-0.39, 0.29) is 12.1 Å². The quantitative estimate of drug-likeness (QED) is 0.821. The topological polar surface area (TPSA) is 56.3 Å². The van der Waals surface area contributed by atoms with E-state index >= 15 is 0 Å². The van der Waals surface area contributed by atoms with Gasteiger partial charge in [0.05, 0.1) is 18.9 Å². The first-order valence-electron chi connectivity index (χ1n) is 6.15. The molecule has 0 aliphatic carbocycles. The lowest BCUT2D eigenvalue weighted by atomic mass is 10.1. The average molecular weight is 238 g/mol. The Balaban J connectivity index is 1.97. The number of aromatic nitrogens is 2. The minimum atomic E-state index is 0.0906. The number of nitrogens with zero attached hydrogens (tertiary/aromatic N) is 3. The molecule has 0 radical (unpaired) electrons. The molecule has 1 aromatic rings. The third-order valence-electron chi connectivity index (χ3n) is 3.49. The van der Waals surface area contributed by atoms with Gasteiger partial charge >= 0.3 is 0 Å². The standard InChI is InChI=1S/C12H22N4O/c1-9(13)12-8-16(4-5-17-12)7-11-6-14-15(3)10(11)2/h6,9,12H,4-5,7-8,13H2,1-3H3. The molecule has 5 nitrogen and oxygen atoms in total. The zero-order valence-corrected chi connectivity index (χ0v) is 10.9. The van der Waals surface area contributed by atoms with Crippen LogP contribution in [0.15, 0.2) is 6.20 Å². The largest absolute Gasteiger partial charge is 0.374 e. The van der Waals surface area contributed by atoms with Crippen molar-refractivity contribution in [3.8, 4) is 0 Å². The molecule has 1 saturated heterocycles. The molecule has 0 saturated carbocycles. The monoisotopic (exact) mass is 238 g/mol. The number of hydrogen-bond donors (Lipinski definition) is 1. The Morgan fingerprint density at radius 2 is 2.41 bits per heavy atom. The Morgan fingerprint density at radius 1 is 1.65 bits per heavy atom. The van der Waals surface area contributed by atoms with Crippen LogP contribution in [0, 0.1) is 6.92 Å². The Morgan fingerprint density at radius 3 is 3.00 bits per heavy atom. The summed E-state index contributed by atoms with van der Waals surface area (Å²) in [5.41, 5.74) is 8.41. The van der Waals surface area contributed by atoms with E-state index in [1.807, 2.05) is 24.9 Å². The molecule has 2 rings (SSSR count). The van der Waals surface area contributed by atoms with Gasteiger partial charge in [0.2, 0.25) is 0 Å². The summed E-state index contributed by atoms with van der Waals surface area (Å²) in [6.07, 6.45) is 2.10. The molecule has 2 heterocycles. The summed E-state index contributed by atoms with van der Waals surface area (Å²) >= 11 is 0. The van der Waals surface area contributed by atoms with E-state index in [2.05, 4.69) is 16.9 Å². The first-order chi connectivity index (χ1) is 8.08. The predicted molar refractivity (Wildman–Crippen MR) is 66.6 cm³/mol. The van der Waals surface area contributed by atoms with Crippen LogP contribution >= 0.6 is 0 Å². The van der Waals surface area contributed by atoms with Crippen LogP contribution in [0.1, 0.15) is 18.2 Å². The molecule has 0 amide bonds. The van der Waals surface area contributed by atoms with Crippen LogP contribution in [0.5, 0.6) is 0 Å². The maximum absolute atomic E-state index is 5.89. The molecule has 1 aromatic heterocycles. The predicted octanol–water partition coefficient (Wildman–Crippen LogP) is 0.277. The summed E-state index contributed by atoms with van der Waals surface area (Å²) < 4.78 is 7.57. The van der Waals surface area contributed by atoms with Gasteiger partial charge in [-0.2, -0.15) is 5.10 Å². The van der Waals surface area contributed by atoms with Gasteiger partial charge < -0.3 is 10.5 Å². The highest BCUT2D eigenvalue weighted by Gasteiger charge is 2.23. The molecule has 2 unspecified atom stereocenters. The SMILES string of the molecule is Cc1c(CN2CCOC(C(C)N)C2)cnn1C. The fourth-order valence-electron chi connectivity index (χ4n) is 2.13. The summed E-state index contributed by atoms with van der Waals surface area (Å²) in [6, 6.07) is 0.0906. The van der Waals surface area contributed by atoms with E-state index in [4.69, 9.17) is 10.5 Å². The lowest BCUT2D eigenvalue weighted by Gasteiger charge is -2.34. The van der Waals surface area contributed by atoms with Crippen LogP contribution in [-0.4, -0.2) is 46.5 Å². The van der Waals surface area contributed by atoms with Crippen molar-refractivity contribution in [3.05, 3.63) is 17.5 Å². The van der Waals surface area contributed by atoms with Crippen molar-refractivity contribution in [2.45, 2.75) is 32.5 Å². The van der Waals surface area contributed by atoms with Crippen LogP contribution in [0.25, 0.3) is 0 Å². The molecular formula is C12H22N4O. The molecule has 1 fully saturated rings. The van der Waals surface area contributed by atoms with Crippen molar-refractivity contribution < 1.29 is 4.74 Å². The summed E-state index contributed by atoms with van der Waals surface area (Å²) in [4.78, 5) is 2.39. The van der Waals surface area contributed by atoms with E-state index in [0.29, 0.717) is 0 Å². The van der Waals surface area contributed by atoms with E-state index in [1.165, 1.54) is 11.3 Å². The lowest BCUT2D eigenvalue weighted by molar-refractivity contribution is -0.0404. The maximum atomic E-state index is 5.89. The van der Waals surface area contributed by atoms with Crippen LogP contribution < -0.4 is 5.73 Å².